The van der Waals surface area contributed by atoms with Gasteiger partial charge in [-0.2, -0.15) is 0 Å². The van der Waals surface area contributed by atoms with Crippen LogP contribution in [0, 0.1) is 0 Å². The maximum absolute atomic E-state index is 10.3. The van der Waals surface area contributed by atoms with Gasteiger partial charge >= 0.3 is 0 Å². The van der Waals surface area contributed by atoms with Gasteiger partial charge in [-0.15, -0.1) is 0 Å². The summed E-state index contributed by atoms with van der Waals surface area (Å²) in [4.78, 5) is 3.16. The number of nitrogens with one attached hydrogen (secondary N) is 1. The van der Waals surface area contributed by atoms with Crippen molar-refractivity contribution in [1.82, 2.24) is 4.98 Å². The zero-order valence-corrected chi connectivity index (χ0v) is 10.7. The van der Waals surface area contributed by atoms with Gasteiger partial charge in [0.25, 0.3) is 0 Å². The number of hydrogen-bond acceptors (Lipinski definition) is 1. The molecule has 0 spiro atoms. The molecule has 0 bridgehead atoms. The molecule has 1 unspecified atom stereocenters. The Bertz CT molecular complexity index is 657. The third kappa shape index (κ3) is 2.69. The number of aliphatic hydroxyl groups is 1. The summed E-state index contributed by atoms with van der Waals surface area (Å²) in [7, 11) is 0. The molecule has 0 aliphatic rings. The smallest absolute Gasteiger partial charge is 0.0793 e. The van der Waals surface area contributed by atoms with Gasteiger partial charge in [0.05, 0.1) is 6.10 Å². The summed E-state index contributed by atoms with van der Waals surface area (Å²) in [6.07, 6.45) is 3.16. The molecule has 96 valence electrons. The molecule has 19 heavy (non-hydrogen) atoms. The van der Waals surface area contributed by atoms with Crippen LogP contribution >= 0.6 is 0 Å². The summed E-state index contributed by atoms with van der Waals surface area (Å²) in [5, 5.41) is 11.4. The number of H-pyrrole nitrogens is 1. The average molecular weight is 251 g/mol. The Morgan fingerprint density at radius 3 is 2.68 bits per heavy atom. The van der Waals surface area contributed by atoms with E-state index in [9.17, 15) is 5.11 Å². The molecular formula is C17H17NO. The van der Waals surface area contributed by atoms with E-state index in [4.69, 9.17) is 0 Å². The fraction of sp³-hybridized carbons (Fsp3) is 0.176. The van der Waals surface area contributed by atoms with Crippen LogP contribution in [0.5, 0.6) is 0 Å². The van der Waals surface area contributed by atoms with Gasteiger partial charge in [0.15, 0.2) is 0 Å². The normalized spacial score (nSPS) is 12.7. The van der Waals surface area contributed by atoms with Gasteiger partial charge in [0, 0.05) is 11.7 Å². The van der Waals surface area contributed by atoms with Gasteiger partial charge in [0.2, 0.25) is 0 Å². The highest BCUT2D eigenvalue weighted by atomic mass is 16.3. The Labute approximate surface area is 112 Å². The Balaban J connectivity index is 1.71. The predicted octanol–water partition coefficient (Wildman–Crippen LogP) is 3.83. The van der Waals surface area contributed by atoms with Gasteiger partial charge in [0.1, 0.15) is 0 Å². The zero-order chi connectivity index (χ0) is 13.1. The molecule has 3 rings (SSSR count). The molecule has 3 aromatic rings. The van der Waals surface area contributed by atoms with Gasteiger partial charge < -0.3 is 10.1 Å². The number of hydrogen-bond donors (Lipinski definition) is 2. The maximum atomic E-state index is 10.3. The van der Waals surface area contributed by atoms with Crippen LogP contribution in [0.4, 0.5) is 0 Å². The summed E-state index contributed by atoms with van der Waals surface area (Å²) < 4.78 is 0. The molecule has 1 atom stereocenters. The van der Waals surface area contributed by atoms with Crippen LogP contribution in [-0.4, -0.2) is 10.1 Å². The lowest BCUT2D eigenvalue weighted by molar-refractivity contribution is 0.168. The minimum absolute atomic E-state index is 0.403. The second kappa shape index (κ2) is 5.29. The molecule has 0 fully saturated rings. The molecule has 0 radical (unpaired) electrons. The van der Waals surface area contributed by atoms with Gasteiger partial charge in [-0.3, -0.25) is 0 Å². The van der Waals surface area contributed by atoms with E-state index in [0.29, 0.717) is 0 Å². The minimum atomic E-state index is -0.403. The van der Waals surface area contributed by atoms with Crippen molar-refractivity contribution in [3.63, 3.8) is 0 Å². The van der Waals surface area contributed by atoms with Gasteiger partial charge in [-0.25, -0.2) is 0 Å². The third-order valence-corrected chi connectivity index (χ3v) is 3.51. The molecule has 2 N–H and O–H groups in total. The first-order valence-corrected chi connectivity index (χ1v) is 6.62. The molecule has 1 aromatic heterocycles. The molecule has 0 aliphatic carbocycles. The second-order valence-corrected chi connectivity index (χ2v) is 4.86. The van der Waals surface area contributed by atoms with E-state index in [2.05, 4.69) is 23.2 Å². The Morgan fingerprint density at radius 1 is 1.00 bits per heavy atom. The van der Waals surface area contributed by atoms with Crippen molar-refractivity contribution in [2.75, 3.05) is 0 Å². The minimum Gasteiger partial charge on any atom is -0.388 e. The Hall–Kier alpha value is -2.06. The fourth-order valence-corrected chi connectivity index (χ4v) is 2.39. The summed E-state index contributed by atoms with van der Waals surface area (Å²) in [6.45, 7) is 0. The number of rotatable bonds is 4. The second-order valence-electron chi connectivity index (χ2n) is 4.86. The number of benzene rings is 2. The summed E-state index contributed by atoms with van der Waals surface area (Å²) in [5.41, 5.74) is 3.37. The standard InChI is InChI=1S/C17H17NO/c19-17(9-6-13-4-2-1-3-5-13)15-7-8-16-14(12-15)10-11-18-16/h1-5,7-8,10-12,17-19H,6,9H2. The highest BCUT2D eigenvalue weighted by Gasteiger charge is 2.08. The molecule has 0 saturated carbocycles. The summed E-state index contributed by atoms with van der Waals surface area (Å²) in [5.74, 6) is 0. The molecule has 0 aliphatic heterocycles. The van der Waals surface area contributed by atoms with Crippen LogP contribution in [0.1, 0.15) is 23.7 Å². The largest absolute Gasteiger partial charge is 0.388 e. The van der Waals surface area contributed by atoms with E-state index >= 15 is 0 Å². The van der Waals surface area contributed by atoms with Crippen molar-refractivity contribution in [3.05, 3.63) is 71.9 Å². The van der Waals surface area contributed by atoms with Crippen molar-refractivity contribution in [3.8, 4) is 0 Å². The molecule has 2 heteroatoms. The number of aryl methyl sites for hydroxylation is 1. The lowest BCUT2D eigenvalue weighted by Crippen LogP contribution is -1.99. The van der Waals surface area contributed by atoms with Crippen LogP contribution in [0.25, 0.3) is 10.9 Å². The Morgan fingerprint density at radius 2 is 1.84 bits per heavy atom. The first kappa shape index (κ1) is 12.0. The van der Waals surface area contributed by atoms with E-state index in [1.807, 2.05) is 42.6 Å². The lowest BCUT2D eigenvalue weighted by atomic mass is 10.0. The highest BCUT2D eigenvalue weighted by molar-refractivity contribution is 5.79. The monoisotopic (exact) mass is 251 g/mol. The van der Waals surface area contributed by atoms with E-state index in [1.54, 1.807) is 0 Å². The lowest BCUT2D eigenvalue weighted by Gasteiger charge is -2.11. The molecule has 0 saturated heterocycles. The summed E-state index contributed by atoms with van der Waals surface area (Å²) in [6, 6.07) is 18.4. The third-order valence-electron chi connectivity index (χ3n) is 3.51. The number of fused-ring (bicyclic) bond motifs is 1. The van der Waals surface area contributed by atoms with Crippen LogP contribution < -0.4 is 0 Å². The van der Waals surface area contributed by atoms with Crippen LogP contribution in [0.3, 0.4) is 0 Å². The quantitative estimate of drug-likeness (QED) is 0.726. The Kier molecular flexibility index (Phi) is 3.34. The van der Waals surface area contributed by atoms with Crippen LogP contribution in [0.2, 0.25) is 0 Å². The SMILES string of the molecule is OC(CCc1ccccc1)c1ccc2[nH]ccc2c1. The van der Waals surface area contributed by atoms with Crippen molar-refractivity contribution >= 4 is 10.9 Å². The molecule has 2 aromatic carbocycles. The van der Waals surface area contributed by atoms with Gasteiger partial charge in [-0.1, -0.05) is 36.4 Å². The topological polar surface area (TPSA) is 36.0 Å². The molecule has 1 heterocycles. The van der Waals surface area contributed by atoms with Crippen molar-refractivity contribution in [2.24, 2.45) is 0 Å². The maximum Gasteiger partial charge on any atom is 0.0793 e. The number of aliphatic hydroxyl groups excluding tert-OH is 1. The molecule has 0 amide bonds. The van der Waals surface area contributed by atoms with E-state index in [1.165, 1.54) is 5.56 Å². The summed E-state index contributed by atoms with van der Waals surface area (Å²) >= 11 is 0. The van der Waals surface area contributed by atoms with E-state index in [0.717, 1.165) is 29.3 Å². The highest BCUT2D eigenvalue weighted by Crippen LogP contribution is 2.23. The van der Waals surface area contributed by atoms with Crippen LogP contribution in [0.15, 0.2) is 60.8 Å². The first-order valence-electron chi connectivity index (χ1n) is 6.62. The number of aromatic nitrogens is 1. The first-order chi connectivity index (χ1) is 9.33. The fourth-order valence-electron chi connectivity index (χ4n) is 2.39. The van der Waals surface area contributed by atoms with E-state index < -0.39 is 6.10 Å². The van der Waals surface area contributed by atoms with Crippen molar-refractivity contribution in [2.45, 2.75) is 18.9 Å². The average Bonchev–Trinajstić information content (AvgIpc) is 2.93. The molecule has 2 nitrogen and oxygen atoms in total. The molecular weight excluding hydrogens is 234 g/mol. The van der Waals surface area contributed by atoms with Crippen molar-refractivity contribution < 1.29 is 5.11 Å². The van der Waals surface area contributed by atoms with Crippen LogP contribution in [-0.2, 0) is 6.42 Å². The van der Waals surface area contributed by atoms with Gasteiger partial charge in [-0.05, 0) is 47.6 Å². The zero-order valence-electron chi connectivity index (χ0n) is 10.7. The van der Waals surface area contributed by atoms with E-state index in [-0.39, 0.29) is 0 Å². The predicted molar refractivity (Wildman–Crippen MR) is 78.0 cm³/mol. The number of aromatic amines is 1. The van der Waals surface area contributed by atoms with Crippen molar-refractivity contribution in [1.29, 1.82) is 0 Å².